The second kappa shape index (κ2) is 8.13. The number of para-hydroxylation sites is 1. The molecule has 0 saturated heterocycles. The van der Waals surface area contributed by atoms with Gasteiger partial charge in [0.2, 0.25) is 0 Å². The molecule has 120 valence electrons. The third-order valence-electron chi connectivity index (χ3n) is 3.44. The van der Waals surface area contributed by atoms with E-state index in [9.17, 15) is 9.59 Å². The topological polar surface area (TPSA) is 52.6 Å². The second-order valence-corrected chi connectivity index (χ2v) is 5.26. The zero-order chi connectivity index (χ0) is 16.7. The molecule has 2 aromatic carbocycles. The van der Waals surface area contributed by atoms with Crippen LogP contribution in [-0.4, -0.2) is 18.7 Å². The predicted octanol–water partition coefficient (Wildman–Crippen LogP) is 3.83. The van der Waals surface area contributed by atoms with Gasteiger partial charge in [-0.3, -0.25) is 4.79 Å². The van der Waals surface area contributed by atoms with Gasteiger partial charge in [0.05, 0.1) is 12.7 Å². The van der Waals surface area contributed by atoms with Gasteiger partial charge in [-0.1, -0.05) is 24.3 Å². The van der Waals surface area contributed by atoms with Gasteiger partial charge in [0.1, 0.15) is 23.9 Å². The van der Waals surface area contributed by atoms with Crippen LogP contribution in [0.3, 0.4) is 0 Å². The highest BCUT2D eigenvalue weighted by atomic mass is 16.5. The smallest absolute Gasteiger partial charge is 0.167 e. The number of rotatable bonds is 8. The van der Waals surface area contributed by atoms with Gasteiger partial charge in [-0.25, -0.2) is 0 Å². The maximum Gasteiger partial charge on any atom is 0.167 e. The Hall–Kier alpha value is -2.62. The molecule has 23 heavy (non-hydrogen) atoms. The molecule has 0 bridgehead atoms. The average molecular weight is 312 g/mol. The van der Waals surface area contributed by atoms with E-state index in [-0.39, 0.29) is 24.4 Å². The van der Waals surface area contributed by atoms with E-state index in [0.29, 0.717) is 17.9 Å². The molecule has 0 heterocycles. The second-order valence-electron chi connectivity index (χ2n) is 5.26. The maximum atomic E-state index is 12.2. The summed E-state index contributed by atoms with van der Waals surface area (Å²) in [6.07, 6.45) is 0.462. The molecule has 0 fully saturated rings. The number of ketones is 2. The molecule has 0 aliphatic rings. The zero-order valence-electron chi connectivity index (χ0n) is 13.4. The monoisotopic (exact) mass is 312 g/mol. The lowest BCUT2D eigenvalue weighted by Gasteiger charge is -2.11. The molecule has 0 saturated carbocycles. The Bertz CT molecular complexity index is 674. The third kappa shape index (κ3) is 4.95. The average Bonchev–Trinajstić information content (AvgIpc) is 2.58. The van der Waals surface area contributed by atoms with Crippen LogP contribution in [0.1, 0.15) is 35.7 Å². The summed E-state index contributed by atoms with van der Waals surface area (Å²) < 4.78 is 10.9. The first-order valence-corrected chi connectivity index (χ1v) is 7.47. The molecule has 0 unspecified atom stereocenters. The lowest BCUT2D eigenvalue weighted by Crippen LogP contribution is -2.06. The predicted molar refractivity (Wildman–Crippen MR) is 88.0 cm³/mol. The molecule has 2 aromatic rings. The fourth-order valence-corrected chi connectivity index (χ4v) is 2.13. The molecule has 0 spiro atoms. The van der Waals surface area contributed by atoms with Crippen LogP contribution in [0.15, 0.2) is 48.5 Å². The Morgan fingerprint density at radius 3 is 2.30 bits per heavy atom. The molecule has 0 N–H and O–H groups in total. The Kier molecular flexibility index (Phi) is 5.92. The highest BCUT2D eigenvalue weighted by Crippen LogP contribution is 2.22. The lowest BCUT2D eigenvalue weighted by atomic mass is 10.0. The molecule has 4 nitrogen and oxygen atoms in total. The van der Waals surface area contributed by atoms with Crippen molar-refractivity contribution in [2.24, 2.45) is 0 Å². The van der Waals surface area contributed by atoms with E-state index in [2.05, 4.69) is 0 Å². The van der Waals surface area contributed by atoms with Gasteiger partial charge in [-0.15, -0.1) is 0 Å². The van der Waals surface area contributed by atoms with Gasteiger partial charge in [0.15, 0.2) is 5.78 Å². The summed E-state index contributed by atoms with van der Waals surface area (Å²) >= 11 is 0. The number of Topliss-reactive ketones (excluding diaryl/α,β-unsaturated/α-hetero) is 2. The molecule has 0 amide bonds. The minimum Gasteiger partial charge on any atom is -0.497 e. The van der Waals surface area contributed by atoms with Crippen LogP contribution in [0, 0.1) is 0 Å². The minimum absolute atomic E-state index is 0.00924. The Labute approximate surface area is 136 Å². The van der Waals surface area contributed by atoms with Gasteiger partial charge in [0, 0.05) is 12.8 Å². The summed E-state index contributed by atoms with van der Waals surface area (Å²) in [5.41, 5.74) is 1.50. The van der Waals surface area contributed by atoms with Crippen molar-refractivity contribution in [1.29, 1.82) is 0 Å². The number of carbonyl (C=O) groups excluding carboxylic acids is 2. The number of ether oxygens (including phenoxy) is 2. The molecule has 0 aromatic heterocycles. The summed E-state index contributed by atoms with van der Waals surface area (Å²) in [4.78, 5) is 23.2. The van der Waals surface area contributed by atoms with Crippen LogP contribution < -0.4 is 9.47 Å². The molecule has 0 aliphatic heterocycles. The van der Waals surface area contributed by atoms with Gasteiger partial charge >= 0.3 is 0 Å². The van der Waals surface area contributed by atoms with E-state index in [1.807, 2.05) is 30.3 Å². The zero-order valence-corrected chi connectivity index (χ0v) is 13.4. The SMILES string of the molecule is COc1ccc(COc2ccccc2C(=O)CCC(C)=O)cc1. The van der Waals surface area contributed by atoms with Crippen LogP contribution in [0.2, 0.25) is 0 Å². The van der Waals surface area contributed by atoms with Gasteiger partial charge in [0.25, 0.3) is 0 Å². The molecule has 0 radical (unpaired) electrons. The standard InChI is InChI=1S/C19H20O4/c1-14(20)7-12-18(21)17-5-3-4-6-19(17)23-13-15-8-10-16(22-2)11-9-15/h3-6,8-11H,7,12-13H2,1-2H3. The summed E-state index contributed by atoms with van der Waals surface area (Å²) in [6, 6.07) is 14.7. The van der Waals surface area contributed by atoms with Crippen LogP contribution in [0.25, 0.3) is 0 Å². The van der Waals surface area contributed by atoms with Gasteiger partial charge in [-0.2, -0.15) is 0 Å². The largest absolute Gasteiger partial charge is 0.497 e. The summed E-state index contributed by atoms with van der Waals surface area (Å²) in [5.74, 6) is 1.26. The molecule has 0 aliphatic carbocycles. The van der Waals surface area contributed by atoms with E-state index < -0.39 is 0 Å². The first-order chi connectivity index (χ1) is 11.1. The van der Waals surface area contributed by atoms with Crippen LogP contribution >= 0.6 is 0 Å². The third-order valence-corrected chi connectivity index (χ3v) is 3.44. The number of benzene rings is 2. The van der Waals surface area contributed by atoms with Crippen LogP contribution in [0.4, 0.5) is 0 Å². The summed E-state index contributed by atoms with van der Waals surface area (Å²) in [5, 5.41) is 0. The van der Waals surface area contributed by atoms with E-state index in [1.165, 1.54) is 6.92 Å². The quantitative estimate of drug-likeness (QED) is 0.695. The van der Waals surface area contributed by atoms with Crippen molar-refractivity contribution in [2.75, 3.05) is 7.11 Å². The summed E-state index contributed by atoms with van der Waals surface area (Å²) in [7, 11) is 1.62. The maximum absolute atomic E-state index is 12.2. The van der Waals surface area contributed by atoms with Crippen molar-refractivity contribution in [1.82, 2.24) is 0 Å². The first kappa shape index (κ1) is 16.7. The molecule has 2 rings (SSSR count). The highest BCUT2D eigenvalue weighted by Gasteiger charge is 2.13. The van der Waals surface area contributed by atoms with E-state index in [1.54, 1.807) is 25.3 Å². The van der Waals surface area contributed by atoms with Crippen molar-refractivity contribution in [3.63, 3.8) is 0 Å². The first-order valence-electron chi connectivity index (χ1n) is 7.47. The molecule has 4 heteroatoms. The molecular weight excluding hydrogens is 292 g/mol. The van der Waals surface area contributed by atoms with Crippen molar-refractivity contribution < 1.29 is 19.1 Å². The number of hydrogen-bond acceptors (Lipinski definition) is 4. The number of methoxy groups -OCH3 is 1. The minimum atomic E-state index is -0.0782. The Morgan fingerprint density at radius 1 is 0.957 bits per heavy atom. The fraction of sp³-hybridized carbons (Fsp3) is 0.263. The molecule has 0 atom stereocenters. The van der Waals surface area contributed by atoms with Crippen molar-refractivity contribution in [3.8, 4) is 11.5 Å². The Morgan fingerprint density at radius 2 is 1.65 bits per heavy atom. The van der Waals surface area contributed by atoms with Crippen LogP contribution in [-0.2, 0) is 11.4 Å². The number of hydrogen-bond donors (Lipinski definition) is 0. The van der Waals surface area contributed by atoms with Crippen LogP contribution in [0.5, 0.6) is 11.5 Å². The normalized spacial score (nSPS) is 10.2. The fourth-order valence-electron chi connectivity index (χ4n) is 2.13. The highest BCUT2D eigenvalue weighted by molar-refractivity contribution is 6.00. The number of carbonyl (C=O) groups is 2. The molecular formula is C19H20O4. The van der Waals surface area contributed by atoms with Crippen molar-refractivity contribution in [3.05, 3.63) is 59.7 Å². The lowest BCUT2D eigenvalue weighted by molar-refractivity contribution is -0.116. The summed E-state index contributed by atoms with van der Waals surface area (Å²) in [6.45, 7) is 1.85. The Balaban J connectivity index is 2.04. The van der Waals surface area contributed by atoms with E-state index >= 15 is 0 Å². The van der Waals surface area contributed by atoms with Gasteiger partial charge in [-0.05, 0) is 36.8 Å². The van der Waals surface area contributed by atoms with E-state index in [0.717, 1.165) is 11.3 Å². The van der Waals surface area contributed by atoms with E-state index in [4.69, 9.17) is 9.47 Å². The van der Waals surface area contributed by atoms with Crippen molar-refractivity contribution >= 4 is 11.6 Å². The van der Waals surface area contributed by atoms with Crippen molar-refractivity contribution in [2.45, 2.75) is 26.4 Å². The van der Waals surface area contributed by atoms with Gasteiger partial charge < -0.3 is 14.3 Å².